The van der Waals surface area contributed by atoms with Crippen molar-refractivity contribution >= 4 is 34.6 Å². The summed E-state index contributed by atoms with van der Waals surface area (Å²) in [5, 5.41) is 14.2. The number of fused-ring (bicyclic) bond motifs is 1. The molecular formula is C23H25NO9. The van der Waals surface area contributed by atoms with Crippen LogP contribution in [-0.4, -0.2) is 66.2 Å². The minimum Gasteiger partial charge on any atom is -0.456 e. The van der Waals surface area contributed by atoms with E-state index in [2.05, 4.69) is 5.32 Å². The predicted molar refractivity (Wildman–Crippen MR) is 114 cm³/mol. The van der Waals surface area contributed by atoms with E-state index >= 15 is 0 Å². The van der Waals surface area contributed by atoms with Crippen molar-refractivity contribution in [2.45, 2.75) is 51.4 Å². The summed E-state index contributed by atoms with van der Waals surface area (Å²) >= 11 is 0. The van der Waals surface area contributed by atoms with E-state index in [1.54, 1.807) is 18.2 Å². The molecule has 2 aromatic carbocycles. The van der Waals surface area contributed by atoms with Gasteiger partial charge in [-0.3, -0.25) is 19.2 Å². The molecule has 1 saturated heterocycles. The Balaban J connectivity index is 1.92. The lowest BCUT2D eigenvalue weighted by Gasteiger charge is -2.44. The molecular weight excluding hydrogens is 434 g/mol. The number of hydrogen-bond donors (Lipinski definition) is 2. The number of aliphatic hydroxyl groups is 1. The molecule has 0 saturated carbocycles. The highest BCUT2D eigenvalue weighted by Crippen LogP contribution is 2.28. The van der Waals surface area contributed by atoms with Gasteiger partial charge in [-0.2, -0.15) is 0 Å². The van der Waals surface area contributed by atoms with E-state index in [4.69, 9.17) is 18.9 Å². The monoisotopic (exact) mass is 459 g/mol. The van der Waals surface area contributed by atoms with Gasteiger partial charge in [-0.05, 0) is 22.9 Å². The van der Waals surface area contributed by atoms with Gasteiger partial charge in [0.1, 0.15) is 6.10 Å². The number of amides is 1. The number of hydrogen-bond acceptors (Lipinski definition) is 9. The molecule has 0 bridgehead atoms. The van der Waals surface area contributed by atoms with Crippen LogP contribution < -0.4 is 5.32 Å². The number of nitrogens with one attached hydrogen (secondary N) is 1. The SMILES string of the molecule is CC(=O)O[C@@H]1[C@@H](OC(C)=O)[C@H](NC(=O)c2ccc3ccccc3c2)O[C@H](CO)[C@H]1OC(C)=O. The zero-order valence-electron chi connectivity index (χ0n) is 18.3. The molecule has 1 amide bonds. The molecule has 2 aromatic rings. The Kier molecular flexibility index (Phi) is 7.62. The fraction of sp³-hybridized carbons (Fsp3) is 0.391. The van der Waals surface area contributed by atoms with Gasteiger partial charge >= 0.3 is 17.9 Å². The molecule has 0 spiro atoms. The van der Waals surface area contributed by atoms with Gasteiger partial charge in [-0.15, -0.1) is 0 Å². The molecule has 2 N–H and O–H groups in total. The van der Waals surface area contributed by atoms with Crippen LogP contribution in [0.1, 0.15) is 31.1 Å². The third kappa shape index (κ3) is 5.85. The molecule has 1 heterocycles. The minimum absolute atomic E-state index is 0.311. The van der Waals surface area contributed by atoms with Crippen LogP contribution in [0.15, 0.2) is 42.5 Å². The lowest BCUT2D eigenvalue weighted by Crippen LogP contribution is -2.66. The molecule has 1 aliphatic heterocycles. The van der Waals surface area contributed by atoms with E-state index in [9.17, 15) is 24.3 Å². The summed E-state index contributed by atoms with van der Waals surface area (Å²) in [6.45, 7) is 2.77. The van der Waals surface area contributed by atoms with Gasteiger partial charge in [-0.25, -0.2) is 0 Å². The molecule has 10 nitrogen and oxygen atoms in total. The Morgan fingerprint density at radius 2 is 1.42 bits per heavy atom. The van der Waals surface area contributed by atoms with Crippen molar-refractivity contribution in [3.8, 4) is 0 Å². The lowest BCUT2D eigenvalue weighted by molar-refractivity contribution is -0.254. The van der Waals surface area contributed by atoms with Crippen LogP contribution in [-0.2, 0) is 33.3 Å². The maximum Gasteiger partial charge on any atom is 0.303 e. The number of carbonyl (C=O) groups excluding carboxylic acids is 4. The number of ether oxygens (including phenoxy) is 4. The number of rotatable bonds is 6. The van der Waals surface area contributed by atoms with Crippen LogP contribution in [0.5, 0.6) is 0 Å². The van der Waals surface area contributed by atoms with Gasteiger partial charge in [0.25, 0.3) is 5.91 Å². The first-order valence-electron chi connectivity index (χ1n) is 10.3. The van der Waals surface area contributed by atoms with Crippen molar-refractivity contribution in [1.29, 1.82) is 0 Å². The first kappa shape index (κ1) is 24.1. The highest BCUT2D eigenvalue weighted by atomic mass is 16.7. The Labute approximate surface area is 189 Å². The first-order valence-corrected chi connectivity index (χ1v) is 10.3. The second kappa shape index (κ2) is 10.4. The summed E-state index contributed by atoms with van der Waals surface area (Å²) in [5.74, 6) is -2.76. The van der Waals surface area contributed by atoms with Gasteiger partial charge in [0.15, 0.2) is 24.5 Å². The van der Waals surface area contributed by atoms with E-state index in [1.165, 1.54) is 0 Å². The topological polar surface area (TPSA) is 137 Å². The standard InChI is InChI=1S/C23H25NO9/c1-12(26)30-19-18(11-25)33-23(21(32-14(3)28)20(19)31-13(2)27)24-22(29)17-9-8-15-6-4-5-7-16(15)10-17/h4-10,18-21,23,25H,11H2,1-3H3,(H,24,29)/t18-,19-,20+,21-,23-/m1/s1. The van der Waals surface area contributed by atoms with Crippen LogP contribution in [0.25, 0.3) is 10.8 Å². The molecule has 0 unspecified atom stereocenters. The quantitative estimate of drug-likeness (QED) is 0.480. The Morgan fingerprint density at radius 1 is 0.848 bits per heavy atom. The highest BCUT2D eigenvalue weighted by Gasteiger charge is 2.52. The molecule has 176 valence electrons. The maximum absolute atomic E-state index is 13.0. The Morgan fingerprint density at radius 3 is 2.03 bits per heavy atom. The van der Waals surface area contributed by atoms with Crippen molar-refractivity contribution in [2.24, 2.45) is 0 Å². The largest absolute Gasteiger partial charge is 0.456 e. The van der Waals surface area contributed by atoms with Crippen LogP contribution >= 0.6 is 0 Å². The van der Waals surface area contributed by atoms with Crippen molar-refractivity contribution in [3.05, 3.63) is 48.0 Å². The number of esters is 3. The second-order valence-corrected chi connectivity index (χ2v) is 7.54. The fourth-order valence-electron chi connectivity index (χ4n) is 3.70. The van der Waals surface area contributed by atoms with E-state index in [-0.39, 0.29) is 0 Å². The molecule has 33 heavy (non-hydrogen) atoms. The van der Waals surface area contributed by atoms with E-state index in [1.807, 2.05) is 24.3 Å². The first-order chi connectivity index (χ1) is 15.7. The van der Waals surface area contributed by atoms with Crippen molar-refractivity contribution < 1.29 is 43.2 Å². The molecule has 5 atom stereocenters. The summed E-state index contributed by atoms with van der Waals surface area (Å²) in [5.41, 5.74) is 0.311. The molecule has 0 radical (unpaired) electrons. The number of carbonyl (C=O) groups is 4. The van der Waals surface area contributed by atoms with E-state index < -0.39 is 61.1 Å². The summed E-state index contributed by atoms with van der Waals surface area (Å²) in [6, 6.07) is 12.6. The van der Waals surface area contributed by atoms with Gasteiger partial charge in [-0.1, -0.05) is 30.3 Å². The van der Waals surface area contributed by atoms with Crippen LogP contribution in [0.2, 0.25) is 0 Å². The Hall–Kier alpha value is -3.50. The van der Waals surface area contributed by atoms with Crippen LogP contribution in [0.3, 0.4) is 0 Å². The number of benzene rings is 2. The lowest BCUT2D eigenvalue weighted by atomic mass is 9.97. The minimum atomic E-state index is -1.34. The van der Waals surface area contributed by atoms with Gasteiger partial charge < -0.3 is 29.4 Å². The van der Waals surface area contributed by atoms with E-state index in [0.717, 1.165) is 31.5 Å². The summed E-state index contributed by atoms with van der Waals surface area (Å²) in [7, 11) is 0. The zero-order chi connectivity index (χ0) is 24.1. The third-order valence-electron chi connectivity index (χ3n) is 5.00. The molecule has 10 heteroatoms. The molecule has 0 aliphatic carbocycles. The van der Waals surface area contributed by atoms with Gasteiger partial charge in [0.05, 0.1) is 6.61 Å². The molecule has 0 aromatic heterocycles. The average molecular weight is 459 g/mol. The summed E-state index contributed by atoms with van der Waals surface area (Å²) in [6.07, 6.45) is -6.41. The van der Waals surface area contributed by atoms with Crippen LogP contribution in [0.4, 0.5) is 0 Å². The fourth-order valence-corrected chi connectivity index (χ4v) is 3.70. The smallest absolute Gasteiger partial charge is 0.303 e. The summed E-state index contributed by atoms with van der Waals surface area (Å²) < 4.78 is 21.5. The third-order valence-corrected chi connectivity index (χ3v) is 5.00. The second-order valence-electron chi connectivity index (χ2n) is 7.54. The average Bonchev–Trinajstić information content (AvgIpc) is 2.76. The highest BCUT2D eigenvalue weighted by molar-refractivity contribution is 5.98. The Bertz CT molecular complexity index is 1050. The normalized spacial score (nSPS) is 24.5. The summed E-state index contributed by atoms with van der Waals surface area (Å²) in [4.78, 5) is 48.1. The van der Waals surface area contributed by atoms with Crippen molar-refractivity contribution in [1.82, 2.24) is 5.32 Å². The zero-order valence-corrected chi connectivity index (χ0v) is 18.3. The van der Waals surface area contributed by atoms with Crippen LogP contribution in [0, 0.1) is 0 Å². The number of aliphatic hydroxyl groups excluding tert-OH is 1. The molecule has 3 rings (SSSR count). The predicted octanol–water partition coefficient (Wildman–Crippen LogP) is 1.08. The van der Waals surface area contributed by atoms with Crippen molar-refractivity contribution in [2.75, 3.05) is 6.61 Å². The molecule has 1 aliphatic rings. The van der Waals surface area contributed by atoms with E-state index in [0.29, 0.717) is 5.56 Å². The van der Waals surface area contributed by atoms with Gasteiger partial charge in [0, 0.05) is 26.3 Å². The van der Waals surface area contributed by atoms with Gasteiger partial charge in [0.2, 0.25) is 0 Å². The maximum atomic E-state index is 13.0. The van der Waals surface area contributed by atoms with Crippen molar-refractivity contribution in [3.63, 3.8) is 0 Å². The molecule has 1 fully saturated rings.